The summed E-state index contributed by atoms with van der Waals surface area (Å²) in [6.07, 6.45) is 1.54. The Morgan fingerprint density at radius 3 is 0.874 bits per heavy atom. The van der Waals surface area contributed by atoms with Gasteiger partial charge >= 0.3 is 0 Å². The Bertz CT molecular complexity index is 2870. The normalized spacial score (nSPS) is 26.1. The molecule has 0 aromatic carbocycles. The van der Waals surface area contributed by atoms with Crippen molar-refractivity contribution in [1.82, 2.24) is 53.2 Å². The van der Waals surface area contributed by atoms with E-state index in [1.165, 1.54) is 20.8 Å². The number of ketones is 1. The molecule has 6 saturated heterocycles. The molecular weight excluding hydrogens is 1560 g/mol. The summed E-state index contributed by atoms with van der Waals surface area (Å²) in [4.78, 5) is 139. The first-order valence-electron chi connectivity index (χ1n) is 42.5. The van der Waals surface area contributed by atoms with Gasteiger partial charge in [-0.15, -0.1) is 0 Å². The largest absolute Gasteiger partial charge is 0.388 e. The molecule has 6 aliphatic rings. The molecule has 39 nitrogen and oxygen atoms in total. The van der Waals surface area contributed by atoms with E-state index in [1.807, 2.05) is 20.8 Å². The van der Waals surface area contributed by atoms with Crippen molar-refractivity contribution < 1.29 is 140 Å². The van der Waals surface area contributed by atoms with E-state index in [0.717, 1.165) is 44.9 Å². The van der Waals surface area contributed by atoms with Crippen molar-refractivity contribution in [2.45, 2.75) is 298 Å². The molecule has 6 fully saturated rings. The molecule has 10 amide bonds. The lowest BCUT2D eigenvalue weighted by Gasteiger charge is -2.42. The number of carbonyl (C=O) groups excluding carboxylic acids is 11. The number of nitrogens with one attached hydrogen (secondary N) is 10. The van der Waals surface area contributed by atoms with Crippen LogP contribution in [0.1, 0.15) is 202 Å². The van der Waals surface area contributed by atoms with Gasteiger partial charge in [-0.2, -0.15) is 0 Å². The highest BCUT2D eigenvalue weighted by Crippen LogP contribution is 2.40. The average molecular weight is 1700 g/mol. The standard InChI is InChI=1S/C80H138N10O29/c1-53(91)87-64-67(102)70(105)78(50-114-73(64)117-78)47-108-38-18-15-25-57(95)81-32-21-35-84-60(98)29-41-111-44-77(90-63(101)28-14-12-10-8-7-9-11-13-24-56(94)76(4,5)6,45-112-42-30-61(99)85-36-22-33-82-58(96)26-16-19-39-109-48-79-51-115-74(118-79)65(88-54(2)92)68(103)71(79)106)46-113-43-31-62(100)86-37-23-34-83-59(97)27-17-20-40-110-49-80-52-116-75(119-80)66(89-55(3)93)69(104)72(80)107/h64-75,102-107H,7-52H2,1-6H3,(H,81,95)(H,82,96)(H,83,97)(H,84,98)(H,85,99)(H,86,100)(H,87,91)(H,88,92)(H,89,93)(H,90,101)/t64-,65-,66-,67-,68-,69-,70-,71-,72-,73+,74+,75+,78+,79+,80+/m1/s1. The molecule has 0 radical (unpaired) electrons. The third-order valence-electron chi connectivity index (χ3n) is 21.4. The molecule has 15 atom stereocenters. The summed E-state index contributed by atoms with van der Waals surface area (Å²) in [7, 11) is 0. The van der Waals surface area contributed by atoms with Crippen molar-refractivity contribution in [2.24, 2.45) is 5.41 Å². The average Bonchev–Trinajstić information content (AvgIpc) is 1.61. The molecule has 0 spiro atoms. The van der Waals surface area contributed by atoms with Gasteiger partial charge in [0.25, 0.3) is 0 Å². The fourth-order valence-corrected chi connectivity index (χ4v) is 14.5. The Kier molecular flexibility index (Phi) is 45.2. The number of hydrogen-bond donors (Lipinski definition) is 16. The Labute approximate surface area is 697 Å². The molecule has 119 heavy (non-hydrogen) atoms. The molecule has 6 rings (SSSR count). The van der Waals surface area contributed by atoms with Gasteiger partial charge in [0.05, 0.1) is 79.3 Å². The summed E-state index contributed by atoms with van der Waals surface area (Å²) < 4.78 is 70.1. The zero-order valence-electron chi connectivity index (χ0n) is 70.5. The second kappa shape index (κ2) is 53.0. The highest BCUT2D eigenvalue weighted by molar-refractivity contribution is 5.83. The van der Waals surface area contributed by atoms with Crippen molar-refractivity contribution in [3.63, 3.8) is 0 Å². The summed E-state index contributed by atoms with van der Waals surface area (Å²) in [5, 5.41) is 92.1. The summed E-state index contributed by atoms with van der Waals surface area (Å²) in [5.41, 5.74) is -5.64. The number of aliphatic hydroxyl groups excluding tert-OH is 6. The summed E-state index contributed by atoms with van der Waals surface area (Å²) in [6.45, 7) is 10.7. The van der Waals surface area contributed by atoms with E-state index in [9.17, 15) is 83.4 Å². The highest BCUT2D eigenvalue weighted by atomic mass is 16.8. The lowest BCUT2D eigenvalue weighted by molar-refractivity contribution is -0.237. The van der Waals surface area contributed by atoms with Crippen LogP contribution in [0.3, 0.4) is 0 Å². The number of rotatable bonds is 63. The van der Waals surface area contributed by atoms with Crippen molar-refractivity contribution in [3.8, 4) is 0 Å². The smallest absolute Gasteiger partial charge is 0.222 e. The van der Waals surface area contributed by atoms with Crippen LogP contribution >= 0.6 is 0 Å². The van der Waals surface area contributed by atoms with E-state index < -0.39 is 114 Å². The van der Waals surface area contributed by atoms with Crippen LogP contribution in [0.5, 0.6) is 0 Å². The lowest BCUT2D eigenvalue weighted by Crippen LogP contribution is -2.66. The summed E-state index contributed by atoms with van der Waals surface area (Å²) in [6, 6.07) is -2.81. The molecule has 682 valence electrons. The highest BCUT2D eigenvalue weighted by Gasteiger charge is 2.62. The number of amides is 10. The van der Waals surface area contributed by atoms with Crippen LogP contribution in [0.2, 0.25) is 0 Å². The minimum atomic E-state index is -1.38. The molecule has 0 aromatic heterocycles. The number of aliphatic hydroxyl groups is 6. The third kappa shape index (κ3) is 35.4. The molecule has 6 bridgehead atoms. The number of hydrogen-bond acceptors (Lipinski definition) is 29. The predicted molar refractivity (Wildman–Crippen MR) is 423 cm³/mol. The molecule has 0 aromatic rings. The minimum absolute atomic E-state index is 0.0409. The Morgan fingerprint density at radius 2 is 0.588 bits per heavy atom. The molecule has 0 saturated carbocycles. The first-order chi connectivity index (χ1) is 56.8. The minimum Gasteiger partial charge on any atom is -0.388 e. The van der Waals surface area contributed by atoms with Gasteiger partial charge in [-0.3, -0.25) is 52.7 Å². The number of ether oxygens (including phenoxy) is 12. The van der Waals surface area contributed by atoms with Crippen LogP contribution in [-0.4, -0.2) is 330 Å². The first-order valence-corrected chi connectivity index (χ1v) is 42.5. The molecule has 6 heterocycles. The summed E-state index contributed by atoms with van der Waals surface area (Å²) >= 11 is 0. The fourth-order valence-electron chi connectivity index (χ4n) is 14.5. The molecule has 0 unspecified atom stereocenters. The van der Waals surface area contributed by atoms with Crippen LogP contribution in [0.25, 0.3) is 0 Å². The number of fused-ring (bicyclic) bond motifs is 6. The van der Waals surface area contributed by atoms with Crippen LogP contribution in [0.15, 0.2) is 0 Å². The van der Waals surface area contributed by atoms with Gasteiger partial charge in [-0.1, -0.05) is 59.3 Å². The van der Waals surface area contributed by atoms with Crippen molar-refractivity contribution in [3.05, 3.63) is 0 Å². The van der Waals surface area contributed by atoms with E-state index in [1.54, 1.807) is 0 Å². The van der Waals surface area contributed by atoms with Crippen molar-refractivity contribution >= 4 is 64.9 Å². The molecule has 0 aliphatic carbocycles. The van der Waals surface area contributed by atoms with Gasteiger partial charge in [0, 0.05) is 137 Å². The molecule has 16 N–H and O–H groups in total. The summed E-state index contributed by atoms with van der Waals surface area (Å²) in [5.74, 6) is -2.91. The molecular formula is C80H138N10O29. The maximum absolute atomic E-state index is 14.0. The van der Waals surface area contributed by atoms with E-state index in [-0.39, 0.29) is 236 Å². The second-order valence-corrected chi connectivity index (χ2v) is 33.0. The van der Waals surface area contributed by atoms with E-state index in [0.29, 0.717) is 70.6 Å². The van der Waals surface area contributed by atoms with Gasteiger partial charge in [-0.25, -0.2) is 0 Å². The quantitative estimate of drug-likeness (QED) is 0.0295. The maximum Gasteiger partial charge on any atom is 0.222 e. The fraction of sp³-hybridized carbons (Fsp3) is 0.863. The van der Waals surface area contributed by atoms with Crippen molar-refractivity contribution in [1.29, 1.82) is 0 Å². The zero-order valence-corrected chi connectivity index (χ0v) is 70.5. The van der Waals surface area contributed by atoms with E-state index >= 15 is 0 Å². The number of Topliss-reactive ketones (excluding diaryl/α,β-unsaturated/α-hetero) is 1. The lowest BCUT2D eigenvalue weighted by atomic mass is 9.88. The molecule has 6 aliphatic heterocycles. The van der Waals surface area contributed by atoms with Gasteiger partial charge in [-0.05, 0) is 70.6 Å². The Morgan fingerprint density at radius 1 is 0.328 bits per heavy atom. The van der Waals surface area contributed by atoms with Crippen LogP contribution in [0, 0.1) is 5.41 Å². The van der Waals surface area contributed by atoms with Crippen LogP contribution in [-0.2, 0) is 110 Å². The monoisotopic (exact) mass is 1700 g/mol. The predicted octanol–water partition coefficient (Wildman–Crippen LogP) is -1.94. The van der Waals surface area contributed by atoms with Gasteiger partial charge in [0.2, 0.25) is 59.1 Å². The van der Waals surface area contributed by atoms with E-state index in [2.05, 4.69) is 53.2 Å². The van der Waals surface area contributed by atoms with Gasteiger partial charge < -0.3 is 141 Å². The first kappa shape index (κ1) is 101. The maximum atomic E-state index is 14.0. The van der Waals surface area contributed by atoms with Crippen LogP contribution in [0.4, 0.5) is 0 Å². The zero-order chi connectivity index (χ0) is 86.9. The van der Waals surface area contributed by atoms with Gasteiger partial charge in [0.1, 0.15) is 82.9 Å². The Hall–Kier alpha value is -6.35. The Balaban J connectivity index is 0.925. The second-order valence-electron chi connectivity index (χ2n) is 33.0. The number of unbranched alkanes of at least 4 members (excludes halogenated alkanes) is 10. The van der Waals surface area contributed by atoms with Crippen molar-refractivity contribution in [2.75, 3.05) is 138 Å². The number of carbonyl (C=O) groups is 11. The van der Waals surface area contributed by atoms with Gasteiger partial charge in [0.15, 0.2) is 18.9 Å². The molecule has 39 heteroatoms. The van der Waals surface area contributed by atoms with E-state index in [4.69, 9.17) is 56.8 Å². The SMILES string of the molecule is CC(=O)N[C@H]1[C@H]2OC[C@](COCCCCC(=O)NCCCNC(=O)CCOCC(COCCC(=O)NCCCNC(=O)CCCCOC[C@@]34CO[C@@H](O3)[C@H](NC(C)=O)[C@@H](O)[C@H]4O)(COCCC(=O)NCCCNC(=O)CCCCOC[C@@]34CO[C@@H](O3)[C@H](NC(C)=O)[C@@H](O)[C@H]4O)NC(=O)CCCCCCCCCCC(=O)C(C)(C)C)(O2)[C@H](O)[C@@H]1O. The van der Waals surface area contributed by atoms with Crippen LogP contribution < -0.4 is 53.2 Å². The third-order valence-corrected chi connectivity index (χ3v) is 21.4. The topological polar surface area (TPSA) is 540 Å².